The molecule has 2 atom stereocenters. The zero-order chi connectivity index (χ0) is 12.1. The van der Waals surface area contributed by atoms with E-state index in [9.17, 15) is 0 Å². The lowest BCUT2D eigenvalue weighted by Gasteiger charge is -2.28. The summed E-state index contributed by atoms with van der Waals surface area (Å²) >= 11 is 0. The second-order valence-corrected chi connectivity index (χ2v) is 4.58. The first kappa shape index (κ1) is 12.5. The zero-order valence-corrected chi connectivity index (χ0v) is 10.7. The van der Waals surface area contributed by atoms with E-state index in [-0.39, 0.29) is 6.04 Å². The molecule has 0 saturated heterocycles. The van der Waals surface area contributed by atoms with Crippen molar-refractivity contribution in [2.75, 3.05) is 13.2 Å². The number of aromatic nitrogens is 1. The van der Waals surface area contributed by atoms with Crippen LogP contribution >= 0.6 is 0 Å². The third kappa shape index (κ3) is 3.27. The highest BCUT2D eigenvalue weighted by Gasteiger charge is 2.37. The summed E-state index contributed by atoms with van der Waals surface area (Å²) in [5, 5.41) is 3.54. The zero-order valence-electron chi connectivity index (χ0n) is 10.7. The highest BCUT2D eigenvalue weighted by atomic mass is 16.5. The molecule has 0 aliphatic heterocycles. The van der Waals surface area contributed by atoms with Gasteiger partial charge >= 0.3 is 0 Å². The molecule has 3 heteroatoms. The maximum atomic E-state index is 5.94. The van der Waals surface area contributed by atoms with Crippen LogP contribution in [0.15, 0.2) is 24.5 Å². The van der Waals surface area contributed by atoms with Gasteiger partial charge in [-0.1, -0.05) is 13.0 Å². The number of rotatable bonds is 7. The summed E-state index contributed by atoms with van der Waals surface area (Å²) in [7, 11) is 0. The van der Waals surface area contributed by atoms with Gasteiger partial charge in [0.15, 0.2) is 0 Å². The van der Waals surface area contributed by atoms with E-state index in [1.54, 1.807) is 0 Å². The fraction of sp³-hybridized carbons (Fsp3) is 0.643. The average molecular weight is 234 g/mol. The Labute approximate surface area is 104 Å². The molecule has 1 N–H and O–H groups in total. The van der Waals surface area contributed by atoms with Crippen LogP contribution in [-0.2, 0) is 4.74 Å². The van der Waals surface area contributed by atoms with E-state index in [0.717, 1.165) is 19.1 Å². The van der Waals surface area contributed by atoms with Crippen LogP contribution in [-0.4, -0.2) is 24.2 Å². The Morgan fingerprint density at radius 1 is 1.47 bits per heavy atom. The van der Waals surface area contributed by atoms with Crippen molar-refractivity contribution in [3.05, 3.63) is 30.1 Å². The van der Waals surface area contributed by atoms with Gasteiger partial charge in [0, 0.05) is 19.0 Å². The molecule has 1 aliphatic carbocycles. The molecular formula is C14H22N2O. The molecule has 1 aromatic heterocycles. The summed E-state index contributed by atoms with van der Waals surface area (Å²) in [5.74, 6) is 0.721. The number of pyridine rings is 1. The predicted octanol–water partition coefficient (Wildman–Crippen LogP) is 2.55. The van der Waals surface area contributed by atoms with E-state index in [1.165, 1.54) is 18.4 Å². The summed E-state index contributed by atoms with van der Waals surface area (Å²) in [6.07, 6.45) is 6.66. The second kappa shape index (κ2) is 6.12. The van der Waals surface area contributed by atoms with Crippen LogP contribution < -0.4 is 5.32 Å². The van der Waals surface area contributed by atoms with Crippen LogP contribution in [0.2, 0.25) is 0 Å². The van der Waals surface area contributed by atoms with Crippen molar-refractivity contribution in [3.8, 4) is 0 Å². The molecule has 1 fully saturated rings. The number of hydrogen-bond acceptors (Lipinski definition) is 3. The standard InChI is InChI=1S/C14H22N2O/c1-3-16-13(12-6-5-9-15-10-12)14(17-4-2)11-7-8-11/h5-6,9-11,13-14,16H,3-4,7-8H2,1-2H3. The van der Waals surface area contributed by atoms with Crippen LogP contribution in [0.3, 0.4) is 0 Å². The maximum absolute atomic E-state index is 5.94. The first-order chi connectivity index (χ1) is 8.36. The largest absolute Gasteiger partial charge is 0.376 e. The number of nitrogens with one attached hydrogen (secondary N) is 1. The molecule has 0 bridgehead atoms. The van der Waals surface area contributed by atoms with Gasteiger partial charge in [0.1, 0.15) is 0 Å². The third-order valence-corrected chi connectivity index (χ3v) is 3.24. The summed E-state index contributed by atoms with van der Waals surface area (Å²) in [6, 6.07) is 4.41. The molecule has 94 valence electrons. The number of hydrogen-bond donors (Lipinski definition) is 1. The van der Waals surface area contributed by atoms with Gasteiger partial charge in [0.25, 0.3) is 0 Å². The van der Waals surface area contributed by atoms with Gasteiger partial charge in [-0.3, -0.25) is 4.98 Å². The first-order valence-electron chi connectivity index (χ1n) is 6.61. The molecule has 1 aliphatic rings. The highest BCUT2D eigenvalue weighted by Crippen LogP contribution is 2.39. The molecular weight excluding hydrogens is 212 g/mol. The smallest absolute Gasteiger partial charge is 0.0798 e. The van der Waals surface area contributed by atoms with E-state index < -0.39 is 0 Å². The Balaban J connectivity index is 2.14. The van der Waals surface area contributed by atoms with Crippen molar-refractivity contribution in [2.45, 2.75) is 38.8 Å². The van der Waals surface area contributed by atoms with Crippen LogP contribution in [0.1, 0.15) is 38.3 Å². The molecule has 1 saturated carbocycles. The van der Waals surface area contributed by atoms with Crippen molar-refractivity contribution in [2.24, 2.45) is 5.92 Å². The van der Waals surface area contributed by atoms with Crippen molar-refractivity contribution in [1.29, 1.82) is 0 Å². The minimum atomic E-state index is 0.279. The highest BCUT2D eigenvalue weighted by molar-refractivity contribution is 5.16. The normalized spacial score (nSPS) is 18.9. The van der Waals surface area contributed by atoms with Gasteiger partial charge in [-0.15, -0.1) is 0 Å². The Morgan fingerprint density at radius 3 is 2.82 bits per heavy atom. The quantitative estimate of drug-likeness (QED) is 0.787. The van der Waals surface area contributed by atoms with Crippen LogP contribution in [0.4, 0.5) is 0 Å². The van der Waals surface area contributed by atoms with Gasteiger partial charge in [-0.25, -0.2) is 0 Å². The van der Waals surface area contributed by atoms with E-state index in [0.29, 0.717) is 6.10 Å². The summed E-state index contributed by atoms with van der Waals surface area (Å²) in [6.45, 7) is 5.94. The Bertz CT molecular complexity index is 324. The molecule has 17 heavy (non-hydrogen) atoms. The fourth-order valence-electron chi connectivity index (χ4n) is 2.33. The molecule has 0 spiro atoms. The monoisotopic (exact) mass is 234 g/mol. The second-order valence-electron chi connectivity index (χ2n) is 4.58. The lowest BCUT2D eigenvalue weighted by Crippen LogP contribution is -2.35. The number of ether oxygens (including phenoxy) is 1. The molecule has 2 rings (SSSR count). The lowest BCUT2D eigenvalue weighted by molar-refractivity contribution is 0.0189. The molecule has 0 amide bonds. The Morgan fingerprint density at radius 2 is 2.29 bits per heavy atom. The molecule has 0 radical (unpaired) electrons. The van der Waals surface area contributed by atoms with Crippen molar-refractivity contribution < 1.29 is 4.74 Å². The minimum absolute atomic E-state index is 0.279. The summed E-state index contributed by atoms with van der Waals surface area (Å²) in [5.41, 5.74) is 1.24. The lowest BCUT2D eigenvalue weighted by atomic mass is 9.99. The third-order valence-electron chi connectivity index (χ3n) is 3.24. The summed E-state index contributed by atoms with van der Waals surface area (Å²) in [4.78, 5) is 4.21. The topological polar surface area (TPSA) is 34.2 Å². The Hall–Kier alpha value is -0.930. The SMILES string of the molecule is CCNC(c1cccnc1)C(OCC)C1CC1. The van der Waals surface area contributed by atoms with Crippen molar-refractivity contribution >= 4 is 0 Å². The molecule has 1 aromatic rings. The molecule has 2 unspecified atom stereocenters. The van der Waals surface area contributed by atoms with Crippen LogP contribution in [0, 0.1) is 5.92 Å². The Kier molecular flexibility index (Phi) is 4.51. The van der Waals surface area contributed by atoms with Crippen molar-refractivity contribution in [3.63, 3.8) is 0 Å². The van der Waals surface area contributed by atoms with Gasteiger partial charge in [0.05, 0.1) is 12.1 Å². The minimum Gasteiger partial charge on any atom is -0.376 e. The van der Waals surface area contributed by atoms with Crippen LogP contribution in [0.5, 0.6) is 0 Å². The van der Waals surface area contributed by atoms with Gasteiger partial charge in [-0.2, -0.15) is 0 Å². The van der Waals surface area contributed by atoms with E-state index >= 15 is 0 Å². The van der Waals surface area contributed by atoms with Crippen LogP contribution in [0.25, 0.3) is 0 Å². The van der Waals surface area contributed by atoms with E-state index in [1.807, 2.05) is 18.5 Å². The fourth-order valence-corrected chi connectivity index (χ4v) is 2.33. The first-order valence-corrected chi connectivity index (χ1v) is 6.61. The van der Waals surface area contributed by atoms with E-state index in [2.05, 4.69) is 30.2 Å². The van der Waals surface area contributed by atoms with E-state index in [4.69, 9.17) is 4.74 Å². The predicted molar refractivity (Wildman–Crippen MR) is 68.8 cm³/mol. The molecule has 0 aromatic carbocycles. The molecule has 1 heterocycles. The van der Waals surface area contributed by atoms with Crippen molar-refractivity contribution in [1.82, 2.24) is 10.3 Å². The maximum Gasteiger partial charge on any atom is 0.0798 e. The van der Waals surface area contributed by atoms with Gasteiger partial charge in [0.2, 0.25) is 0 Å². The van der Waals surface area contributed by atoms with Gasteiger partial charge < -0.3 is 10.1 Å². The van der Waals surface area contributed by atoms with Gasteiger partial charge in [-0.05, 0) is 43.9 Å². The number of likely N-dealkylation sites (N-methyl/N-ethyl adjacent to an activating group) is 1. The average Bonchev–Trinajstić information content (AvgIpc) is 3.19. The summed E-state index contributed by atoms with van der Waals surface area (Å²) < 4.78 is 5.94. The molecule has 3 nitrogen and oxygen atoms in total. The number of nitrogens with zero attached hydrogens (tertiary/aromatic N) is 1.